The lowest BCUT2D eigenvalue weighted by atomic mass is 10.1. The van der Waals surface area contributed by atoms with Crippen LogP contribution in [0.2, 0.25) is 10.0 Å². The van der Waals surface area contributed by atoms with E-state index < -0.39 is 6.10 Å². The van der Waals surface area contributed by atoms with Gasteiger partial charge in [0.05, 0.1) is 16.1 Å². The van der Waals surface area contributed by atoms with Gasteiger partial charge in [-0.05, 0) is 43.2 Å². The lowest BCUT2D eigenvalue weighted by Gasteiger charge is -2.14. The Kier molecular flexibility index (Phi) is 4.92. The summed E-state index contributed by atoms with van der Waals surface area (Å²) < 4.78 is 5.80. The quantitative estimate of drug-likeness (QED) is 0.867. The second-order valence-electron chi connectivity index (χ2n) is 4.75. The number of aryl methyl sites for hydroxylation is 1. The second-order valence-corrected chi connectivity index (χ2v) is 5.57. The van der Waals surface area contributed by atoms with E-state index >= 15 is 0 Å². The van der Waals surface area contributed by atoms with Gasteiger partial charge in [-0.25, -0.2) is 0 Å². The molecule has 0 aliphatic rings. The summed E-state index contributed by atoms with van der Waals surface area (Å²) in [5.41, 5.74) is 2.78. The maximum Gasteiger partial charge on any atom is 0.125 e. The van der Waals surface area contributed by atoms with Crippen molar-refractivity contribution < 1.29 is 9.84 Å². The van der Waals surface area contributed by atoms with Crippen LogP contribution in [0, 0.1) is 6.92 Å². The van der Waals surface area contributed by atoms with E-state index in [-0.39, 0.29) is 0 Å². The molecule has 0 saturated heterocycles. The number of hydrogen-bond donors (Lipinski definition) is 1. The molecule has 2 aromatic carbocycles. The largest absolute Gasteiger partial charge is 0.489 e. The molecule has 20 heavy (non-hydrogen) atoms. The summed E-state index contributed by atoms with van der Waals surface area (Å²) in [6.45, 7) is 4.08. The molecule has 0 radical (unpaired) electrons. The smallest absolute Gasteiger partial charge is 0.125 e. The summed E-state index contributed by atoms with van der Waals surface area (Å²) >= 11 is 11.9. The molecule has 0 amide bonds. The minimum absolute atomic E-state index is 0.375. The molecule has 0 heterocycles. The monoisotopic (exact) mass is 310 g/mol. The van der Waals surface area contributed by atoms with Gasteiger partial charge in [-0.1, -0.05) is 41.4 Å². The summed E-state index contributed by atoms with van der Waals surface area (Å²) in [4.78, 5) is 0. The molecule has 2 aromatic rings. The Balaban J connectivity index is 2.17. The van der Waals surface area contributed by atoms with Crippen molar-refractivity contribution in [1.82, 2.24) is 0 Å². The van der Waals surface area contributed by atoms with Crippen LogP contribution in [0.4, 0.5) is 0 Å². The molecule has 0 spiro atoms. The molecule has 0 aliphatic carbocycles. The standard InChI is InChI=1S/C16H16Cl2O2/c1-10-3-5-13(11(2)19)16(7-10)20-9-12-4-6-14(17)15(18)8-12/h3-8,11,19H,9H2,1-2H3/t11-/m0/s1. The number of hydrogen-bond acceptors (Lipinski definition) is 2. The third kappa shape index (κ3) is 3.66. The number of benzene rings is 2. The molecule has 0 unspecified atom stereocenters. The Bertz CT molecular complexity index is 609. The second kappa shape index (κ2) is 6.49. The zero-order valence-corrected chi connectivity index (χ0v) is 12.9. The van der Waals surface area contributed by atoms with Crippen LogP contribution in [-0.2, 0) is 6.61 Å². The van der Waals surface area contributed by atoms with Crippen LogP contribution in [0.5, 0.6) is 5.75 Å². The highest BCUT2D eigenvalue weighted by Gasteiger charge is 2.10. The van der Waals surface area contributed by atoms with Crippen LogP contribution in [0.15, 0.2) is 36.4 Å². The van der Waals surface area contributed by atoms with Crippen molar-refractivity contribution in [3.05, 3.63) is 63.1 Å². The van der Waals surface area contributed by atoms with E-state index in [1.807, 2.05) is 31.2 Å². The van der Waals surface area contributed by atoms with Gasteiger partial charge in [-0.3, -0.25) is 0 Å². The van der Waals surface area contributed by atoms with E-state index in [2.05, 4.69) is 0 Å². The molecule has 2 nitrogen and oxygen atoms in total. The van der Waals surface area contributed by atoms with Gasteiger partial charge in [-0.15, -0.1) is 0 Å². The Hall–Kier alpha value is -1.22. The van der Waals surface area contributed by atoms with Crippen LogP contribution in [0.3, 0.4) is 0 Å². The fourth-order valence-electron chi connectivity index (χ4n) is 1.90. The van der Waals surface area contributed by atoms with Gasteiger partial charge in [0.15, 0.2) is 0 Å². The van der Waals surface area contributed by atoms with Crippen LogP contribution < -0.4 is 4.74 Å². The first kappa shape index (κ1) is 15.2. The highest BCUT2D eigenvalue weighted by atomic mass is 35.5. The van der Waals surface area contributed by atoms with Crippen molar-refractivity contribution >= 4 is 23.2 Å². The molecule has 106 valence electrons. The molecule has 2 rings (SSSR count). The van der Waals surface area contributed by atoms with Crippen molar-refractivity contribution in [3.63, 3.8) is 0 Å². The van der Waals surface area contributed by atoms with Crippen molar-refractivity contribution in [3.8, 4) is 5.75 Å². The van der Waals surface area contributed by atoms with Gasteiger partial charge in [0.25, 0.3) is 0 Å². The Morgan fingerprint density at radius 3 is 2.50 bits per heavy atom. The average Bonchev–Trinajstić information content (AvgIpc) is 2.40. The van der Waals surface area contributed by atoms with Gasteiger partial charge >= 0.3 is 0 Å². The molecule has 0 fully saturated rings. The summed E-state index contributed by atoms with van der Waals surface area (Å²) in [5, 5.41) is 10.8. The third-order valence-corrected chi connectivity index (χ3v) is 3.74. The summed E-state index contributed by atoms with van der Waals surface area (Å²) in [6, 6.07) is 11.1. The molecular weight excluding hydrogens is 295 g/mol. The number of rotatable bonds is 4. The van der Waals surface area contributed by atoms with Gasteiger partial charge in [0, 0.05) is 5.56 Å². The average molecular weight is 311 g/mol. The lowest BCUT2D eigenvalue weighted by Crippen LogP contribution is -2.01. The minimum atomic E-state index is -0.570. The van der Waals surface area contributed by atoms with Crippen LogP contribution in [0.25, 0.3) is 0 Å². The fraction of sp³-hybridized carbons (Fsp3) is 0.250. The molecule has 1 N–H and O–H groups in total. The first-order valence-electron chi connectivity index (χ1n) is 6.32. The molecule has 4 heteroatoms. The Morgan fingerprint density at radius 2 is 1.85 bits per heavy atom. The third-order valence-electron chi connectivity index (χ3n) is 3.00. The van der Waals surface area contributed by atoms with Crippen molar-refractivity contribution in [2.75, 3.05) is 0 Å². The zero-order valence-electron chi connectivity index (χ0n) is 11.4. The molecule has 0 saturated carbocycles. The van der Waals surface area contributed by atoms with Crippen molar-refractivity contribution in [2.24, 2.45) is 0 Å². The Morgan fingerprint density at radius 1 is 1.10 bits per heavy atom. The number of aliphatic hydroxyl groups is 1. The molecule has 1 atom stereocenters. The normalized spacial score (nSPS) is 12.2. The fourth-order valence-corrected chi connectivity index (χ4v) is 2.22. The van der Waals surface area contributed by atoms with Crippen LogP contribution >= 0.6 is 23.2 Å². The lowest BCUT2D eigenvalue weighted by molar-refractivity contribution is 0.190. The van der Waals surface area contributed by atoms with Gasteiger partial charge in [0.2, 0.25) is 0 Å². The van der Waals surface area contributed by atoms with E-state index in [4.69, 9.17) is 27.9 Å². The van der Waals surface area contributed by atoms with E-state index in [0.717, 1.165) is 16.7 Å². The minimum Gasteiger partial charge on any atom is -0.489 e. The number of aliphatic hydroxyl groups excluding tert-OH is 1. The molecule has 0 bridgehead atoms. The summed E-state index contributed by atoms with van der Waals surface area (Å²) in [7, 11) is 0. The van der Waals surface area contributed by atoms with Crippen molar-refractivity contribution in [2.45, 2.75) is 26.6 Å². The van der Waals surface area contributed by atoms with Gasteiger partial charge < -0.3 is 9.84 Å². The predicted octanol–water partition coefficient (Wildman–Crippen LogP) is 4.93. The first-order valence-corrected chi connectivity index (χ1v) is 7.08. The number of ether oxygens (including phenoxy) is 1. The van der Waals surface area contributed by atoms with Gasteiger partial charge in [0.1, 0.15) is 12.4 Å². The van der Waals surface area contributed by atoms with E-state index in [1.165, 1.54) is 0 Å². The SMILES string of the molecule is Cc1ccc([C@H](C)O)c(OCc2ccc(Cl)c(Cl)c2)c1. The summed E-state index contributed by atoms with van der Waals surface area (Å²) in [5.74, 6) is 0.686. The van der Waals surface area contributed by atoms with E-state index in [1.54, 1.807) is 19.1 Å². The van der Waals surface area contributed by atoms with Crippen molar-refractivity contribution in [1.29, 1.82) is 0 Å². The van der Waals surface area contributed by atoms with Crippen LogP contribution in [-0.4, -0.2) is 5.11 Å². The zero-order chi connectivity index (χ0) is 14.7. The summed E-state index contributed by atoms with van der Waals surface area (Å²) in [6.07, 6.45) is -0.570. The maximum absolute atomic E-state index is 9.75. The molecular formula is C16H16Cl2O2. The topological polar surface area (TPSA) is 29.5 Å². The van der Waals surface area contributed by atoms with Crippen LogP contribution in [0.1, 0.15) is 29.7 Å². The van der Waals surface area contributed by atoms with E-state index in [9.17, 15) is 5.11 Å². The van der Waals surface area contributed by atoms with E-state index in [0.29, 0.717) is 22.4 Å². The highest BCUT2D eigenvalue weighted by Crippen LogP contribution is 2.28. The Labute approximate surface area is 128 Å². The predicted molar refractivity (Wildman–Crippen MR) is 82.6 cm³/mol. The molecule has 0 aliphatic heterocycles. The van der Waals surface area contributed by atoms with Gasteiger partial charge in [-0.2, -0.15) is 0 Å². The first-order chi connectivity index (χ1) is 9.47. The molecule has 0 aromatic heterocycles. The highest BCUT2D eigenvalue weighted by molar-refractivity contribution is 6.42. The maximum atomic E-state index is 9.75. The number of halogens is 2.